The quantitative estimate of drug-likeness (QED) is 0.321. The van der Waals surface area contributed by atoms with Gasteiger partial charge in [-0.15, -0.1) is 0 Å². The van der Waals surface area contributed by atoms with Crippen LogP contribution >= 0.6 is 0 Å². The van der Waals surface area contributed by atoms with Crippen LogP contribution in [0.3, 0.4) is 0 Å². The molecule has 0 aliphatic carbocycles. The number of carbonyl (C=O) groups excluding carboxylic acids is 1. The van der Waals surface area contributed by atoms with Crippen molar-refractivity contribution in [3.8, 4) is 5.75 Å². The summed E-state index contributed by atoms with van der Waals surface area (Å²) >= 11 is 0. The number of amidine groups is 1. The summed E-state index contributed by atoms with van der Waals surface area (Å²) in [6.07, 6.45) is 1.49. The smallest absolute Gasteiger partial charge is 0.254 e. The predicted molar refractivity (Wildman–Crippen MR) is 70.3 cm³/mol. The molecule has 0 aromatic heterocycles. The molecule has 1 unspecified atom stereocenters. The van der Waals surface area contributed by atoms with Crippen LogP contribution < -0.4 is 5.73 Å². The van der Waals surface area contributed by atoms with Gasteiger partial charge in [0.2, 0.25) is 0 Å². The predicted octanol–water partition coefficient (Wildman–Crippen LogP) is 1.05. The van der Waals surface area contributed by atoms with Gasteiger partial charge in [-0.3, -0.25) is 4.79 Å². The summed E-state index contributed by atoms with van der Waals surface area (Å²) < 4.78 is 0. The topological polar surface area (TPSA) is 99.2 Å². The molecule has 0 bridgehead atoms. The lowest BCUT2D eigenvalue weighted by molar-refractivity contribution is 0.0767. The summed E-state index contributed by atoms with van der Waals surface area (Å²) in [7, 11) is 0. The lowest BCUT2D eigenvalue weighted by Gasteiger charge is -2.23. The largest absolute Gasteiger partial charge is 0.508 e. The minimum absolute atomic E-state index is 0.0437. The van der Waals surface area contributed by atoms with E-state index < -0.39 is 0 Å². The van der Waals surface area contributed by atoms with Crippen LogP contribution in [0.5, 0.6) is 5.75 Å². The number of oxime groups is 1. The van der Waals surface area contributed by atoms with Crippen molar-refractivity contribution < 1.29 is 15.1 Å². The Kier molecular flexibility index (Phi) is 3.59. The molecule has 0 spiro atoms. The highest BCUT2D eigenvalue weighted by Crippen LogP contribution is 2.23. The van der Waals surface area contributed by atoms with Crippen molar-refractivity contribution in [2.24, 2.45) is 10.9 Å². The van der Waals surface area contributed by atoms with Gasteiger partial charge in [-0.25, -0.2) is 0 Å². The van der Waals surface area contributed by atoms with Crippen molar-refractivity contribution in [3.63, 3.8) is 0 Å². The summed E-state index contributed by atoms with van der Waals surface area (Å²) in [4.78, 5) is 13.9. The highest BCUT2D eigenvalue weighted by Gasteiger charge is 2.32. The summed E-state index contributed by atoms with van der Waals surface area (Å²) in [5, 5.41) is 21.4. The number of phenolic OH excluding ortho intramolecular Hbond substituents is 1. The Morgan fingerprint density at radius 1 is 1.53 bits per heavy atom. The summed E-state index contributed by atoms with van der Waals surface area (Å²) in [6.45, 7) is 2.33. The molecular weight excluding hydrogens is 246 g/mol. The highest BCUT2D eigenvalue weighted by atomic mass is 16.4. The van der Waals surface area contributed by atoms with Crippen LogP contribution in [0.1, 0.15) is 28.8 Å². The van der Waals surface area contributed by atoms with Gasteiger partial charge >= 0.3 is 0 Å². The van der Waals surface area contributed by atoms with E-state index in [0.29, 0.717) is 24.1 Å². The van der Waals surface area contributed by atoms with Crippen LogP contribution in [-0.4, -0.2) is 39.5 Å². The molecule has 1 saturated heterocycles. The maximum atomic E-state index is 12.4. The first-order valence-electron chi connectivity index (χ1n) is 6.12. The Bertz CT molecular complexity index is 528. The molecule has 2 rings (SSSR count). The molecular formula is C13H17N3O3. The zero-order valence-corrected chi connectivity index (χ0v) is 10.7. The number of amides is 1. The molecule has 1 atom stereocenters. The third kappa shape index (κ3) is 2.47. The van der Waals surface area contributed by atoms with Crippen LogP contribution in [0.25, 0.3) is 0 Å². The lowest BCUT2D eigenvalue weighted by Crippen LogP contribution is -2.43. The van der Waals surface area contributed by atoms with Crippen molar-refractivity contribution in [1.29, 1.82) is 0 Å². The maximum absolute atomic E-state index is 12.4. The second kappa shape index (κ2) is 5.17. The van der Waals surface area contributed by atoms with Gasteiger partial charge in [0.05, 0.1) is 6.04 Å². The number of phenols is 1. The highest BCUT2D eigenvalue weighted by molar-refractivity contribution is 5.99. The normalized spacial score (nSPS) is 19.7. The van der Waals surface area contributed by atoms with Gasteiger partial charge in [0, 0.05) is 12.1 Å². The Morgan fingerprint density at radius 2 is 2.26 bits per heavy atom. The van der Waals surface area contributed by atoms with Crippen LogP contribution in [0, 0.1) is 6.92 Å². The molecule has 6 heteroatoms. The number of rotatable bonds is 2. The average molecular weight is 263 g/mol. The molecule has 1 aliphatic heterocycles. The van der Waals surface area contributed by atoms with Crippen molar-refractivity contribution >= 4 is 11.7 Å². The number of hydrogen-bond donors (Lipinski definition) is 3. The molecule has 1 aromatic carbocycles. The number of carbonyl (C=O) groups is 1. The molecule has 1 amide bonds. The van der Waals surface area contributed by atoms with Gasteiger partial charge < -0.3 is 20.9 Å². The van der Waals surface area contributed by atoms with Crippen molar-refractivity contribution in [3.05, 3.63) is 29.3 Å². The molecule has 1 aromatic rings. The number of likely N-dealkylation sites (tertiary alicyclic amines) is 1. The zero-order valence-electron chi connectivity index (χ0n) is 10.7. The Morgan fingerprint density at radius 3 is 2.89 bits per heavy atom. The first-order valence-corrected chi connectivity index (χ1v) is 6.12. The van der Waals surface area contributed by atoms with Crippen LogP contribution in [-0.2, 0) is 0 Å². The summed E-state index contributed by atoms with van der Waals surface area (Å²) in [5.74, 6) is -0.0861. The molecule has 1 heterocycles. The fourth-order valence-electron chi connectivity index (χ4n) is 2.29. The fraction of sp³-hybridized carbons (Fsp3) is 0.385. The molecule has 0 saturated carbocycles. The minimum Gasteiger partial charge on any atom is -0.508 e. The third-order valence-electron chi connectivity index (χ3n) is 3.43. The first-order chi connectivity index (χ1) is 9.04. The van der Waals surface area contributed by atoms with E-state index in [1.54, 1.807) is 24.0 Å². The second-order valence-electron chi connectivity index (χ2n) is 4.68. The van der Waals surface area contributed by atoms with E-state index in [1.165, 1.54) is 6.07 Å². The van der Waals surface area contributed by atoms with E-state index in [4.69, 9.17) is 10.9 Å². The van der Waals surface area contributed by atoms with Gasteiger partial charge in [-0.05, 0) is 37.5 Å². The van der Waals surface area contributed by atoms with E-state index in [2.05, 4.69) is 5.16 Å². The van der Waals surface area contributed by atoms with Crippen LogP contribution in [0.4, 0.5) is 0 Å². The monoisotopic (exact) mass is 263 g/mol. The van der Waals surface area contributed by atoms with E-state index in [-0.39, 0.29) is 23.5 Å². The van der Waals surface area contributed by atoms with Crippen molar-refractivity contribution in [2.45, 2.75) is 25.8 Å². The minimum atomic E-state index is -0.374. The SMILES string of the molecule is Cc1ccc(C(=O)N2CCCC2C(N)=NO)cc1O. The summed E-state index contributed by atoms with van der Waals surface area (Å²) in [6, 6.07) is 4.43. The molecule has 1 aliphatic rings. The molecule has 1 fully saturated rings. The van der Waals surface area contributed by atoms with Crippen molar-refractivity contribution in [2.75, 3.05) is 6.54 Å². The van der Waals surface area contributed by atoms with Crippen molar-refractivity contribution in [1.82, 2.24) is 4.90 Å². The molecule has 6 nitrogen and oxygen atoms in total. The number of nitrogens with zero attached hydrogens (tertiary/aromatic N) is 2. The van der Waals surface area contributed by atoms with Crippen LogP contribution in [0.2, 0.25) is 0 Å². The number of hydrogen-bond acceptors (Lipinski definition) is 4. The van der Waals surface area contributed by atoms with Crippen LogP contribution in [0.15, 0.2) is 23.4 Å². The maximum Gasteiger partial charge on any atom is 0.254 e. The van der Waals surface area contributed by atoms with Gasteiger partial charge in [0.25, 0.3) is 5.91 Å². The van der Waals surface area contributed by atoms with E-state index in [9.17, 15) is 9.90 Å². The van der Waals surface area contributed by atoms with Gasteiger partial charge in [-0.1, -0.05) is 11.2 Å². The molecule has 19 heavy (non-hydrogen) atoms. The van der Waals surface area contributed by atoms with E-state index in [0.717, 1.165) is 6.42 Å². The summed E-state index contributed by atoms with van der Waals surface area (Å²) in [5.41, 5.74) is 6.71. The first kappa shape index (κ1) is 13.2. The Balaban J connectivity index is 2.25. The number of benzene rings is 1. The van der Waals surface area contributed by atoms with Gasteiger partial charge in [0.15, 0.2) is 5.84 Å². The zero-order chi connectivity index (χ0) is 14.0. The molecule has 102 valence electrons. The number of nitrogens with two attached hydrogens (primary N) is 1. The third-order valence-corrected chi connectivity index (χ3v) is 3.43. The average Bonchev–Trinajstić information content (AvgIpc) is 2.89. The lowest BCUT2D eigenvalue weighted by atomic mass is 10.1. The van der Waals surface area contributed by atoms with E-state index >= 15 is 0 Å². The Hall–Kier alpha value is -2.24. The fourth-order valence-corrected chi connectivity index (χ4v) is 2.29. The standard InChI is InChI=1S/C13H17N3O3/c1-8-4-5-9(7-11(8)17)13(18)16-6-2-3-10(16)12(14)15-19/h4-5,7,10,17,19H,2-3,6H2,1H3,(H2,14,15). The van der Waals surface area contributed by atoms with Gasteiger partial charge in [0.1, 0.15) is 5.75 Å². The van der Waals surface area contributed by atoms with Gasteiger partial charge in [-0.2, -0.15) is 0 Å². The molecule has 4 N–H and O–H groups in total. The number of aromatic hydroxyl groups is 1. The van der Waals surface area contributed by atoms with E-state index in [1.807, 2.05) is 0 Å². The number of aryl methyl sites for hydroxylation is 1. The Labute approximate surface area is 111 Å². The second-order valence-corrected chi connectivity index (χ2v) is 4.68. The molecule has 0 radical (unpaired) electrons.